The van der Waals surface area contributed by atoms with Crippen LogP contribution in [0.5, 0.6) is 0 Å². The van der Waals surface area contributed by atoms with Crippen LogP contribution in [0.1, 0.15) is 27.9 Å². The summed E-state index contributed by atoms with van der Waals surface area (Å²) < 4.78 is 96.3. The largest absolute Gasteiger partial charge is 0.435 e. The van der Waals surface area contributed by atoms with Crippen LogP contribution < -0.4 is 5.32 Å². The van der Waals surface area contributed by atoms with E-state index in [2.05, 4.69) is 20.5 Å². The Morgan fingerprint density at radius 2 is 1.70 bits per heavy atom. The summed E-state index contributed by atoms with van der Waals surface area (Å²) in [5.74, 6) is -2.00. The Balaban J connectivity index is 1.70. The Morgan fingerprint density at radius 1 is 1.07 bits per heavy atom. The van der Waals surface area contributed by atoms with Crippen LogP contribution in [-0.2, 0) is 15.3 Å². The molecule has 1 aliphatic rings. The number of carbonyl (C=O) groups excluding carboxylic acids is 1. The third-order valence-corrected chi connectivity index (χ3v) is 6.61. The third kappa shape index (κ3) is 5.39. The minimum atomic E-state index is -5.04. The molecule has 1 heterocycles. The number of rotatable bonds is 6. The maximum atomic E-state index is 14.4. The second kappa shape index (κ2) is 10.8. The summed E-state index contributed by atoms with van der Waals surface area (Å²) in [5.41, 5.74) is -5.06. The lowest BCUT2D eigenvalue weighted by Gasteiger charge is -2.29. The van der Waals surface area contributed by atoms with Gasteiger partial charge in [0.15, 0.2) is 11.5 Å². The van der Waals surface area contributed by atoms with Crippen molar-refractivity contribution in [2.45, 2.75) is 24.4 Å². The summed E-state index contributed by atoms with van der Waals surface area (Å²) in [6.07, 6.45) is -10.8. The second-order valence-corrected chi connectivity index (χ2v) is 9.31. The second-order valence-electron chi connectivity index (χ2n) is 8.49. The molecule has 1 aliphatic heterocycles. The molecule has 0 fully saturated rings. The molecule has 0 saturated carbocycles. The SMILES string of the molecule is CON=C(CNC(=O)c1ccc(C2=NOC(c3cc(Cl)c(F)c(Cl)c3)(C(F)(F)F)C2)c2ccccc12)C(F)(F)F. The van der Waals surface area contributed by atoms with Gasteiger partial charge in [0.1, 0.15) is 7.11 Å². The molecular weight excluding hydrogens is 594 g/mol. The molecule has 1 atom stereocenters. The normalized spacial score (nSPS) is 17.9. The van der Waals surface area contributed by atoms with Gasteiger partial charge in [-0.2, -0.15) is 26.3 Å². The lowest BCUT2D eigenvalue weighted by atomic mass is 9.85. The summed E-state index contributed by atoms with van der Waals surface area (Å²) in [4.78, 5) is 22.0. The molecule has 0 radical (unpaired) electrons. The van der Waals surface area contributed by atoms with Gasteiger partial charge < -0.3 is 15.0 Å². The number of alkyl halides is 6. The highest BCUT2D eigenvalue weighted by Gasteiger charge is 2.62. The fraction of sp³-hybridized carbons (Fsp3) is 0.240. The third-order valence-electron chi connectivity index (χ3n) is 6.06. The smallest absolute Gasteiger partial charge is 0.399 e. The first-order chi connectivity index (χ1) is 18.7. The molecule has 15 heteroatoms. The molecule has 1 N–H and O–H groups in total. The van der Waals surface area contributed by atoms with Crippen LogP contribution in [-0.4, -0.2) is 43.3 Å². The zero-order valence-corrected chi connectivity index (χ0v) is 21.6. The van der Waals surface area contributed by atoms with E-state index in [0.717, 1.165) is 19.2 Å². The Labute approximate surface area is 231 Å². The zero-order valence-electron chi connectivity index (χ0n) is 20.1. The number of nitrogens with zero attached hydrogens (tertiary/aromatic N) is 2. The number of carbonyl (C=O) groups is 1. The summed E-state index contributed by atoms with van der Waals surface area (Å²) in [6, 6.07) is 10.1. The van der Waals surface area contributed by atoms with E-state index in [4.69, 9.17) is 28.0 Å². The molecule has 3 aromatic rings. The lowest BCUT2D eigenvalue weighted by Crippen LogP contribution is -2.42. The van der Waals surface area contributed by atoms with Gasteiger partial charge in [-0.15, -0.1) is 0 Å². The minimum Gasteiger partial charge on any atom is -0.399 e. The average molecular weight is 610 g/mol. The summed E-state index contributed by atoms with van der Waals surface area (Å²) in [5, 5.41) is 7.87. The molecule has 1 amide bonds. The summed E-state index contributed by atoms with van der Waals surface area (Å²) >= 11 is 11.5. The van der Waals surface area contributed by atoms with Crippen molar-refractivity contribution in [2.75, 3.05) is 13.7 Å². The van der Waals surface area contributed by atoms with Crippen molar-refractivity contribution in [2.24, 2.45) is 10.3 Å². The van der Waals surface area contributed by atoms with Gasteiger partial charge in [-0.25, -0.2) is 4.39 Å². The summed E-state index contributed by atoms with van der Waals surface area (Å²) in [7, 11) is 0.919. The van der Waals surface area contributed by atoms with E-state index in [-0.39, 0.29) is 27.6 Å². The van der Waals surface area contributed by atoms with E-state index >= 15 is 0 Å². The van der Waals surface area contributed by atoms with Gasteiger partial charge in [0, 0.05) is 23.1 Å². The first-order valence-electron chi connectivity index (χ1n) is 11.1. The fourth-order valence-electron chi connectivity index (χ4n) is 4.14. The Kier molecular flexibility index (Phi) is 7.92. The van der Waals surface area contributed by atoms with Crippen LogP contribution in [0.25, 0.3) is 10.8 Å². The van der Waals surface area contributed by atoms with Crippen LogP contribution in [0.15, 0.2) is 58.8 Å². The maximum Gasteiger partial charge on any atom is 0.435 e. The predicted octanol–water partition coefficient (Wildman–Crippen LogP) is 7.16. The van der Waals surface area contributed by atoms with E-state index < -0.39 is 64.0 Å². The average Bonchev–Trinajstić information content (AvgIpc) is 3.35. The molecule has 0 aliphatic carbocycles. The Morgan fingerprint density at radius 3 is 2.27 bits per heavy atom. The number of amides is 1. The van der Waals surface area contributed by atoms with Crippen molar-refractivity contribution in [3.8, 4) is 0 Å². The van der Waals surface area contributed by atoms with Gasteiger partial charge in [-0.3, -0.25) is 4.79 Å². The van der Waals surface area contributed by atoms with E-state index in [1.165, 1.54) is 30.3 Å². The molecule has 6 nitrogen and oxygen atoms in total. The number of oxime groups is 2. The molecular formula is C25H16Cl2F7N3O3. The molecule has 212 valence electrons. The van der Waals surface area contributed by atoms with E-state index in [0.29, 0.717) is 0 Å². The van der Waals surface area contributed by atoms with E-state index in [1.54, 1.807) is 6.07 Å². The summed E-state index contributed by atoms with van der Waals surface area (Å²) in [6.45, 7) is -0.996. The van der Waals surface area contributed by atoms with Gasteiger partial charge in [-0.1, -0.05) is 63.8 Å². The number of nitrogens with one attached hydrogen (secondary N) is 1. The lowest BCUT2D eigenvalue weighted by molar-refractivity contribution is -0.275. The maximum absolute atomic E-state index is 14.4. The Bertz CT molecular complexity index is 1520. The highest BCUT2D eigenvalue weighted by atomic mass is 35.5. The zero-order chi connectivity index (χ0) is 29.5. The van der Waals surface area contributed by atoms with E-state index in [1.807, 2.05) is 0 Å². The highest BCUT2D eigenvalue weighted by Crippen LogP contribution is 2.50. The monoisotopic (exact) mass is 609 g/mol. The number of hydrogen-bond donors (Lipinski definition) is 1. The van der Waals surface area contributed by atoms with Crippen molar-refractivity contribution in [3.63, 3.8) is 0 Å². The first kappa shape index (κ1) is 29.4. The number of halogens is 9. The molecule has 0 bridgehead atoms. The van der Waals surface area contributed by atoms with E-state index in [9.17, 15) is 35.5 Å². The van der Waals surface area contributed by atoms with Crippen LogP contribution >= 0.6 is 23.2 Å². The topological polar surface area (TPSA) is 72.3 Å². The standard InChI is InChI=1S/C25H16Cl2F7N3O3/c1-39-37-20(24(29,30)31)11-35-22(38)16-7-6-15(13-4-2-3-5-14(13)16)19-10-23(40-36-19,25(32,33)34)12-8-17(26)21(28)18(27)9-12/h2-9H,10-11H2,1H3,(H,35,38). The predicted molar refractivity (Wildman–Crippen MR) is 133 cm³/mol. The van der Waals surface area contributed by atoms with Gasteiger partial charge >= 0.3 is 12.4 Å². The van der Waals surface area contributed by atoms with Crippen LogP contribution in [0.4, 0.5) is 30.7 Å². The molecule has 1 unspecified atom stereocenters. The van der Waals surface area contributed by atoms with Crippen molar-refractivity contribution in [1.82, 2.24) is 5.32 Å². The minimum absolute atomic E-state index is 0.0583. The fourth-order valence-corrected chi connectivity index (χ4v) is 4.63. The van der Waals surface area contributed by atoms with Gasteiger partial charge in [0.25, 0.3) is 11.5 Å². The van der Waals surface area contributed by atoms with Crippen molar-refractivity contribution >= 4 is 51.3 Å². The highest BCUT2D eigenvalue weighted by molar-refractivity contribution is 6.35. The van der Waals surface area contributed by atoms with Gasteiger partial charge in [0.05, 0.1) is 22.3 Å². The molecule has 3 aromatic carbocycles. The molecule has 4 rings (SSSR count). The quantitative estimate of drug-likeness (QED) is 0.139. The van der Waals surface area contributed by atoms with Gasteiger partial charge in [-0.05, 0) is 29.0 Å². The number of benzene rings is 3. The van der Waals surface area contributed by atoms with Crippen LogP contribution in [0.2, 0.25) is 10.0 Å². The number of fused-ring (bicyclic) bond motifs is 1. The molecule has 40 heavy (non-hydrogen) atoms. The van der Waals surface area contributed by atoms with Crippen molar-refractivity contribution in [3.05, 3.63) is 81.1 Å². The van der Waals surface area contributed by atoms with Crippen LogP contribution in [0, 0.1) is 5.82 Å². The first-order valence-corrected chi connectivity index (χ1v) is 11.9. The molecule has 0 saturated heterocycles. The van der Waals surface area contributed by atoms with Crippen LogP contribution in [0.3, 0.4) is 0 Å². The molecule has 0 aromatic heterocycles. The number of hydrogen-bond acceptors (Lipinski definition) is 5. The van der Waals surface area contributed by atoms with Crippen molar-refractivity contribution in [1.29, 1.82) is 0 Å². The Hall–Kier alpha value is -3.58. The van der Waals surface area contributed by atoms with Gasteiger partial charge in [0.2, 0.25) is 0 Å². The van der Waals surface area contributed by atoms with Crippen molar-refractivity contribution < 1.29 is 45.2 Å². The molecule has 0 spiro atoms.